The molecule has 1 N–H and O–H groups in total. The van der Waals surface area contributed by atoms with E-state index in [0.717, 1.165) is 19.5 Å². The Morgan fingerprint density at radius 3 is 3.08 bits per heavy atom. The van der Waals surface area contributed by atoms with Crippen LogP contribution < -0.4 is 10.1 Å². The van der Waals surface area contributed by atoms with Gasteiger partial charge in [-0.3, -0.25) is 0 Å². The Labute approximate surface area is 82.1 Å². The molecule has 0 amide bonds. The van der Waals surface area contributed by atoms with Gasteiger partial charge in [-0.05, 0) is 19.0 Å². The first-order valence-electron chi connectivity index (χ1n) is 4.33. The van der Waals surface area contributed by atoms with Gasteiger partial charge in [0.1, 0.15) is 6.10 Å². The van der Waals surface area contributed by atoms with Crippen LogP contribution in [0.2, 0.25) is 5.02 Å². The van der Waals surface area contributed by atoms with E-state index in [2.05, 4.69) is 10.3 Å². The van der Waals surface area contributed by atoms with E-state index < -0.39 is 0 Å². The molecule has 2 rings (SSSR count). The largest absolute Gasteiger partial charge is 0.473 e. The highest BCUT2D eigenvalue weighted by Gasteiger charge is 2.15. The fourth-order valence-corrected chi connectivity index (χ4v) is 1.44. The molecule has 1 aromatic rings. The predicted octanol–water partition coefficient (Wildman–Crippen LogP) is 1.48. The molecule has 4 heteroatoms. The number of nitrogens with one attached hydrogen (secondary N) is 1. The van der Waals surface area contributed by atoms with Gasteiger partial charge in [0, 0.05) is 18.8 Å². The highest BCUT2D eigenvalue weighted by atomic mass is 35.5. The first-order chi connectivity index (χ1) is 6.34. The Kier molecular flexibility index (Phi) is 2.66. The zero-order valence-electron chi connectivity index (χ0n) is 7.16. The number of hydrogen-bond donors (Lipinski definition) is 1. The summed E-state index contributed by atoms with van der Waals surface area (Å²) in [5.41, 5.74) is 0. The fourth-order valence-electron chi connectivity index (χ4n) is 1.33. The standard InChI is InChI=1S/C9H11ClN2O/c10-7-1-2-9(12-5-7)13-8-3-4-11-6-8/h1-2,5,8,11H,3-4,6H2/t8-/m0/s1. The summed E-state index contributed by atoms with van der Waals surface area (Å²) in [6, 6.07) is 3.58. The van der Waals surface area contributed by atoms with E-state index in [0.29, 0.717) is 10.9 Å². The van der Waals surface area contributed by atoms with E-state index in [1.807, 2.05) is 0 Å². The topological polar surface area (TPSA) is 34.1 Å². The van der Waals surface area contributed by atoms with Crippen LogP contribution in [-0.4, -0.2) is 24.2 Å². The first-order valence-corrected chi connectivity index (χ1v) is 4.71. The van der Waals surface area contributed by atoms with Gasteiger partial charge >= 0.3 is 0 Å². The third-order valence-electron chi connectivity index (χ3n) is 2.00. The summed E-state index contributed by atoms with van der Waals surface area (Å²) in [5.74, 6) is 0.651. The minimum absolute atomic E-state index is 0.258. The molecule has 1 aliphatic rings. The number of aromatic nitrogens is 1. The molecule has 1 aliphatic heterocycles. The van der Waals surface area contributed by atoms with E-state index in [-0.39, 0.29) is 6.10 Å². The van der Waals surface area contributed by atoms with Crippen molar-refractivity contribution in [3.8, 4) is 5.88 Å². The predicted molar refractivity (Wildman–Crippen MR) is 51.1 cm³/mol. The third-order valence-corrected chi connectivity index (χ3v) is 2.23. The van der Waals surface area contributed by atoms with Gasteiger partial charge < -0.3 is 10.1 Å². The number of rotatable bonds is 2. The van der Waals surface area contributed by atoms with Crippen molar-refractivity contribution < 1.29 is 4.74 Å². The summed E-state index contributed by atoms with van der Waals surface area (Å²) >= 11 is 5.70. The number of ether oxygens (including phenoxy) is 1. The van der Waals surface area contributed by atoms with Crippen LogP contribution in [0.4, 0.5) is 0 Å². The van der Waals surface area contributed by atoms with Gasteiger partial charge in [0.05, 0.1) is 5.02 Å². The van der Waals surface area contributed by atoms with Crippen molar-refractivity contribution >= 4 is 11.6 Å². The van der Waals surface area contributed by atoms with Crippen molar-refractivity contribution in [2.24, 2.45) is 0 Å². The number of halogens is 1. The van der Waals surface area contributed by atoms with E-state index in [9.17, 15) is 0 Å². The summed E-state index contributed by atoms with van der Waals surface area (Å²) in [6.07, 6.45) is 2.90. The van der Waals surface area contributed by atoms with Crippen LogP contribution >= 0.6 is 11.6 Å². The van der Waals surface area contributed by atoms with Crippen LogP contribution in [0.3, 0.4) is 0 Å². The molecule has 1 atom stereocenters. The van der Waals surface area contributed by atoms with Gasteiger partial charge in [0.2, 0.25) is 5.88 Å². The Hall–Kier alpha value is -0.800. The average molecular weight is 199 g/mol. The van der Waals surface area contributed by atoms with Gasteiger partial charge in [0.15, 0.2) is 0 Å². The molecule has 0 radical (unpaired) electrons. The second-order valence-corrected chi connectivity index (χ2v) is 3.48. The third kappa shape index (κ3) is 2.32. The molecule has 70 valence electrons. The van der Waals surface area contributed by atoms with Crippen molar-refractivity contribution in [1.82, 2.24) is 10.3 Å². The Bertz CT molecular complexity index is 269. The van der Waals surface area contributed by atoms with Gasteiger partial charge in [-0.15, -0.1) is 0 Å². The van der Waals surface area contributed by atoms with Crippen molar-refractivity contribution in [2.75, 3.05) is 13.1 Å². The zero-order valence-corrected chi connectivity index (χ0v) is 7.92. The summed E-state index contributed by atoms with van der Waals surface area (Å²) in [4.78, 5) is 4.06. The SMILES string of the molecule is Clc1ccc(O[C@H]2CCNC2)nc1. The van der Waals surface area contributed by atoms with Gasteiger partial charge in [-0.2, -0.15) is 0 Å². The molecular weight excluding hydrogens is 188 g/mol. The first kappa shape index (κ1) is 8.78. The van der Waals surface area contributed by atoms with Crippen molar-refractivity contribution in [2.45, 2.75) is 12.5 Å². The monoisotopic (exact) mass is 198 g/mol. The highest BCUT2D eigenvalue weighted by Crippen LogP contribution is 2.14. The minimum Gasteiger partial charge on any atom is -0.473 e. The molecule has 1 saturated heterocycles. The van der Waals surface area contributed by atoms with Crippen LogP contribution in [0, 0.1) is 0 Å². The van der Waals surface area contributed by atoms with Gasteiger partial charge in [-0.1, -0.05) is 11.6 Å². The minimum atomic E-state index is 0.258. The van der Waals surface area contributed by atoms with E-state index in [1.165, 1.54) is 0 Å². The normalized spacial score (nSPS) is 21.8. The van der Waals surface area contributed by atoms with Crippen LogP contribution in [0.25, 0.3) is 0 Å². The van der Waals surface area contributed by atoms with Crippen molar-refractivity contribution in [3.63, 3.8) is 0 Å². The van der Waals surface area contributed by atoms with Crippen molar-refractivity contribution in [3.05, 3.63) is 23.4 Å². The molecule has 0 bridgehead atoms. The summed E-state index contributed by atoms with van der Waals surface area (Å²) in [7, 11) is 0. The molecule has 0 spiro atoms. The fraction of sp³-hybridized carbons (Fsp3) is 0.444. The highest BCUT2D eigenvalue weighted by molar-refractivity contribution is 6.30. The number of pyridine rings is 1. The molecule has 0 aromatic carbocycles. The lowest BCUT2D eigenvalue weighted by molar-refractivity contribution is 0.214. The Balaban J connectivity index is 1.97. The van der Waals surface area contributed by atoms with Crippen molar-refractivity contribution in [1.29, 1.82) is 0 Å². The summed E-state index contributed by atoms with van der Waals surface area (Å²) in [5, 5.41) is 3.86. The molecule has 2 heterocycles. The maximum absolute atomic E-state index is 5.70. The zero-order chi connectivity index (χ0) is 9.10. The molecule has 3 nitrogen and oxygen atoms in total. The number of nitrogens with zero attached hydrogens (tertiary/aromatic N) is 1. The second-order valence-electron chi connectivity index (χ2n) is 3.05. The molecular formula is C9H11ClN2O. The molecule has 1 fully saturated rings. The van der Waals surface area contributed by atoms with Crippen LogP contribution in [-0.2, 0) is 0 Å². The second kappa shape index (κ2) is 3.94. The summed E-state index contributed by atoms with van der Waals surface area (Å²) in [6.45, 7) is 1.93. The Morgan fingerprint density at radius 2 is 2.46 bits per heavy atom. The molecule has 13 heavy (non-hydrogen) atoms. The average Bonchev–Trinajstić information content (AvgIpc) is 2.62. The van der Waals surface area contributed by atoms with E-state index in [1.54, 1.807) is 18.3 Å². The molecule has 0 saturated carbocycles. The summed E-state index contributed by atoms with van der Waals surface area (Å²) < 4.78 is 5.60. The van der Waals surface area contributed by atoms with Crippen LogP contribution in [0.15, 0.2) is 18.3 Å². The lowest BCUT2D eigenvalue weighted by Gasteiger charge is -2.10. The van der Waals surface area contributed by atoms with Gasteiger partial charge in [0.25, 0.3) is 0 Å². The molecule has 0 unspecified atom stereocenters. The van der Waals surface area contributed by atoms with E-state index in [4.69, 9.17) is 16.3 Å². The molecule has 1 aromatic heterocycles. The number of hydrogen-bond acceptors (Lipinski definition) is 3. The lowest BCUT2D eigenvalue weighted by Crippen LogP contribution is -2.19. The quantitative estimate of drug-likeness (QED) is 0.782. The maximum atomic E-state index is 5.70. The van der Waals surface area contributed by atoms with E-state index >= 15 is 0 Å². The Morgan fingerprint density at radius 1 is 1.54 bits per heavy atom. The van der Waals surface area contributed by atoms with Gasteiger partial charge in [-0.25, -0.2) is 4.98 Å². The maximum Gasteiger partial charge on any atom is 0.213 e. The van der Waals surface area contributed by atoms with Crippen LogP contribution in [0.5, 0.6) is 5.88 Å². The molecule has 0 aliphatic carbocycles. The lowest BCUT2D eigenvalue weighted by atomic mass is 10.3. The smallest absolute Gasteiger partial charge is 0.213 e. The van der Waals surface area contributed by atoms with Crippen LogP contribution in [0.1, 0.15) is 6.42 Å².